The first-order valence-corrected chi connectivity index (χ1v) is 10.4. The number of hydrogen-bond acceptors (Lipinski definition) is 7. The van der Waals surface area contributed by atoms with Crippen LogP contribution in [0.5, 0.6) is 0 Å². The van der Waals surface area contributed by atoms with E-state index in [0.717, 1.165) is 4.90 Å². The maximum Gasteiger partial charge on any atom is 0.293 e. The molecule has 0 spiro atoms. The number of rotatable bonds is 6. The van der Waals surface area contributed by atoms with Gasteiger partial charge in [0, 0.05) is 22.7 Å². The third kappa shape index (κ3) is 4.34. The molecule has 0 N–H and O–H groups in total. The smallest absolute Gasteiger partial charge is 0.293 e. The summed E-state index contributed by atoms with van der Waals surface area (Å²) in [5.74, 6) is -0.536. The van der Waals surface area contributed by atoms with E-state index >= 15 is 0 Å². The summed E-state index contributed by atoms with van der Waals surface area (Å²) in [4.78, 5) is 49.0. The van der Waals surface area contributed by atoms with Gasteiger partial charge in [0.15, 0.2) is 5.78 Å². The number of amides is 2. The molecule has 4 rings (SSSR count). The lowest BCUT2D eigenvalue weighted by Crippen LogP contribution is -2.33. The van der Waals surface area contributed by atoms with E-state index in [2.05, 4.69) is 0 Å². The number of carbonyl (C=O) groups excluding carboxylic acids is 3. The van der Waals surface area contributed by atoms with Crippen LogP contribution in [0.15, 0.2) is 70.0 Å². The molecule has 1 aliphatic heterocycles. The fraction of sp³-hybridized carbons (Fsp3) is 0.0455. The predicted molar refractivity (Wildman–Crippen MR) is 119 cm³/mol. The Labute approximate surface area is 190 Å². The molecule has 32 heavy (non-hydrogen) atoms. The van der Waals surface area contributed by atoms with E-state index in [1.807, 2.05) is 0 Å². The Bertz CT molecular complexity index is 1280. The van der Waals surface area contributed by atoms with Crippen molar-refractivity contribution in [1.82, 2.24) is 4.90 Å². The predicted octanol–water partition coefficient (Wildman–Crippen LogP) is 5.43. The molecule has 3 aromatic rings. The number of Topliss-reactive ketones (excluding diaryl/α,β-unsaturated/α-hetero) is 1. The van der Waals surface area contributed by atoms with Crippen molar-refractivity contribution in [3.63, 3.8) is 0 Å². The lowest BCUT2D eigenvalue weighted by atomic mass is 10.1. The number of hydrogen-bond donors (Lipinski definition) is 0. The number of halogens is 1. The molecule has 0 unspecified atom stereocenters. The van der Waals surface area contributed by atoms with Gasteiger partial charge in [-0.1, -0.05) is 41.9 Å². The molecule has 2 amide bonds. The summed E-state index contributed by atoms with van der Waals surface area (Å²) in [5.41, 5.74) is 0.398. The molecule has 0 radical (unpaired) electrons. The van der Waals surface area contributed by atoms with E-state index in [4.69, 9.17) is 16.0 Å². The number of carbonyl (C=O) groups is 3. The first-order chi connectivity index (χ1) is 15.3. The number of nitro groups is 1. The van der Waals surface area contributed by atoms with Gasteiger partial charge in [-0.2, -0.15) is 0 Å². The van der Waals surface area contributed by atoms with Crippen molar-refractivity contribution in [2.24, 2.45) is 0 Å². The number of benzene rings is 2. The molecule has 1 aliphatic rings. The molecule has 2 heterocycles. The van der Waals surface area contributed by atoms with Gasteiger partial charge in [-0.15, -0.1) is 0 Å². The van der Waals surface area contributed by atoms with Gasteiger partial charge >= 0.3 is 0 Å². The van der Waals surface area contributed by atoms with Crippen LogP contribution in [0.1, 0.15) is 16.1 Å². The Morgan fingerprint density at radius 1 is 1.12 bits per heavy atom. The number of nitro benzene ring substituents is 1. The zero-order valence-corrected chi connectivity index (χ0v) is 17.8. The summed E-state index contributed by atoms with van der Waals surface area (Å²) in [7, 11) is 0. The first kappa shape index (κ1) is 21.5. The summed E-state index contributed by atoms with van der Waals surface area (Å²) >= 11 is 6.53. The highest BCUT2D eigenvalue weighted by Crippen LogP contribution is 2.36. The summed E-state index contributed by atoms with van der Waals surface area (Å²) in [6.45, 7) is -0.369. The molecule has 0 saturated carbocycles. The normalized spacial score (nSPS) is 14.9. The minimum atomic E-state index is -0.611. The molecule has 8 nitrogen and oxygen atoms in total. The van der Waals surface area contributed by atoms with Crippen LogP contribution < -0.4 is 0 Å². The van der Waals surface area contributed by atoms with Crippen LogP contribution in [-0.2, 0) is 4.79 Å². The molecule has 0 atom stereocenters. The highest BCUT2D eigenvalue weighted by atomic mass is 35.5. The summed E-state index contributed by atoms with van der Waals surface area (Å²) < 4.78 is 5.65. The quantitative estimate of drug-likeness (QED) is 0.205. The molecular weight excluding hydrogens is 456 g/mol. The van der Waals surface area contributed by atoms with E-state index in [0.29, 0.717) is 17.3 Å². The van der Waals surface area contributed by atoms with Gasteiger partial charge in [-0.05, 0) is 36.0 Å². The van der Waals surface area contributed by atoms with Gasteiger partial charge in [0.25, 0.3) is 16.8 Å². The third-order valence-corrected chi connectivity index (χ3v) is 5.74. The molecular formula is C22H13ClN2O6S. The zero-order chi connectivity index (χ0) is 22.8. The fourth-order valence-corrected chi connectivity index (χ4v) is 4.05. The third-order valence-electron chi connectivity index (χ3n) is 4.59. The van der Waals surface area contributed by atoms with Crippen LogP contribution in [0.3, 0.4) is 0 Å². The van der Waals surface area contributed by atoms with Crippen molar-refractivity contribution < 1.29 is 23.7 Å². The highest BCUT2D eigenvalue weighted by molar-refractivity contribution is 8.18. The number of furan rings is 1. The van der Waals surface area contributed by atoms with Crippen LogP contribution in [0.4, 0.5) is 10.5 Å². The second kappa shape index (κ2) is 8.81. The molecule has 1 aromatic heterocycles. The Morgan fingerprint density at radius 2 is 1.88 bits per heavy atom. The summed E-state index contributed by atoms with van der Waals surface area (Å²) in [6, 6.07) is 15.6. The van der Waals surface area contributed by atoms with E-state index < -0.39 is 16.1 Å². The SMILES string of the molecule is O=C(CN1C(=O)S/C(=C/c2ccc(-c3ccc(Cl)cc3[N+](=O)[O-])o2)C1=O)c1ccccc1. The Morgan fingerprint density at radius 3 is 2.59 bits per heavy atom. The molecule has 2 aromatic carbocycles. The van der Waals surface area contributed by atoms with E-state index in [1.165, 1.54) is 36.4 Å². The fourth-order valence-electron chi connectivity index (χ4n) is 3.06. The van der Waals surface area contributed by atoms with Crippen molar-refractivity contribution in [3.05, 3.63) is 92.0 Å². The highest BCUT2D eigenvalue weighted by Gasteiger charge is 2.36. The van der Waals surface area contributed by atoms with Gasteiger partial charge in [-0.3, -0.25) is 29.4 Å². The molecule has 0 aliphatic carbocycles. The van der Waals surface area contributed by atoms with Gasteiger partial charge in [0.05, 0.1) is 21.9 Å². The average molecular weight is 469 g/mol. The lowest BCUT2D eigenvalue weighted by molar-refractivity contribution is -0.384. The van der Waals surface area contributed by atoms with Gasteiger partial charge in [0.1, 0.15) is 11.5 Å². The number of imide groups is 1. The van der Waals surface area contributed by atoms with Crippen molar-refractivity contribution in [2.45, 2.75) is 0 Å². The van der Waals surface area contributed by atoms with Crippen molar-refractivity contribution in [3.8, 4) is 11.3 Å². The van der Waals surface area contributed by atoms with E-state index in [1.54, 1.807) is 30.3 Å². The van der Waals surface area contributed by atoms with Crippen LogP contribution in [0, 0.1) is 10.1 Å². The van der Waals surface area contributed by atoms with Crippen LogP contribution in [-0.4, -0.2) is 33.3 Å². The van der Waals surface area contributed by atoms with E-state index in [9.17, 15) is 24.5 Å². The minimum Gasteiger partial charge on any atom is -0.456 e. The Kier molecular flexibility index (Phi) is 5.93. The van der Waals surface area contributed by atoms with Crippen molar-refractivity contribution in [1.29, 1.82) is 0 Å². The summed E-state index contributed by atoms with van der Waals surface area (Å²) in [5, 5.41) is 11.0. The zero-order valence-electron chi connectivity index (χ0n) is 16.2. The van der Waals surface area contributed by atoms with Crippen LogP contribution in [0.2, 0.25) is 5.02 Å². The number of thioether (sulfide) groups is 1. The monoisotopic (exact) mass is 468 g/mol. The second-order valence-electron chi connectivity index (χ2n) is 6.68. The number of ketones is 1. The molecule has 10 heteroatoms. The number of nitrogens with zero attached hydrogens (tertiary/aromatic N) is 2. The Balaban J connectivity index is 1.55. The van der Waals surface area contributed by atoms with Crippen LogP contribution in [0.25, 0.3) is 17.4 Å². The van der Waals surface area contributed by atoms with Crippen LogP contribution >= 0.6 is 23.4 Å². The van der Waals surface area contributed by atoms with Crippen molar-refractivity contribution >= 4 is 52.1 Å². The average Bonchev–Trinajstić information content (AvgIpc) is 3.34. The maximum absolute atomic E-state index is 12.7. The van der Waals surface area contributed by atoms with Crippen molar-refractivity contribution in [2.75, 3.05) is 6.54 Å². The first-order valence-electron chi connectivity index (χ1n) is 9.21. The lowest BCUT2D eigenvalue weighted by Gasteiger charge is -2.11. The minimum absolute atomic E-state index is 0.0855. The standard InChI is InChI=1S/C22H13ClN2O6S/c23-14-6-8-16(17(10-14)25(29)30)19-9-7-15(31-19)11-20-21(27)24(22(28)32-20)12-18(26)13-4-2-1-3-5-13/h1-11H,12H2/b20-11+. The molecule has 1 saturated heterocycles. The summed E-state index contributed by atoms with van der Waals surface area (Å²) in [6.07, 6.45) is 1.36. The van der Waals surface area contributed by atoms with Gasteiger partial charge in [-0.25, -0.2) is 0 Å². The molecule has 0 bridgehead atoms. The maximum atomic E-state index is 12.7. The van der Waals surface area contributed by atoms with E-state index in [-0.39, 0.29) is 45.0 Å². The second-order valence-corrected chi connectivity index (χ2v) is 8.11. The topological polar surface area (TPSA) is 111 Å². The molecule has 160 valence electrons. The Hall–Kier alpha value is -3.69. The molecule has 1 fully saturated rings. The largest absolute Gasteiger partial charge is 0.456 e. The van der Waals surface area contributed by atoms with Gasteiger partial charge in [0.2, 0.25) is 0 Å². The van der Waals surface area contributed by atoms with Gasteiger partial charge < -0.3 is 4.42 Å².